The van der Waals surface area contributed by atoms with Crippen molar-refractivity contribution < 1.29 is 5.11 Å². The number of hydrogen-bond acceptors (Lipinski definition) is 1. The third-order valence-electron chi connectivity index (χ3n) is 4.27. The van der Waals surface area contributed by atoms with Gasteiger partial charge >= 0.3 is 0 Å². The summed E-state index contributed by atoms with van der Waals surface area (Å²) in [6, 6.07) is 0. The SMILES string of the molecule is OCCCCCC1([C@H]2C=CCCC2)CC1. The molecule has 1 saturated carbocycles. The first-order chi connectivity index (χ1) is 7.37. The van der Waals surface area contributed by atoms with E-state index in [0.29, 0.717) is 12.0 Å². The molecule has 0 unspecified atom stereocenters. The molecule has 15 heavy (non-hydrogen) atoms. The molecule has 2 aliphatic rings. The van der Waals surface area contributed by atoms with E-state index in [0.717, 1.165) is 12.3 Å². The summed E-state index contributed by atoms with van der Waals surface area (Å²) >= 11 is 0. The zero-order valence-corrected chi connectivity index (χ0v) is 9.75. The summed E-state index contributed by atoms with van der Waals surface area (Å²) in [4.78, 5) is 0. The summed E-state index contributed by atoms with van der Waals surface area (Å²) in [5, 5.41) is 8.75. The van der Waals surface area contributed by atoms with Crippen molar-refractivity contribution in [1.29, 1.82) is 0 Å². The van der Waals surface area contributed by atoms with Gasteiger partial charge in [0.1, 0.15) is 0 Å². The van der Waals surface area contributed by atoms with Crippen LogP contribution in [0.15, 0.2) is 12.2 Å². The van der Waals surface area contributed by atoms with E-state index in [4.69, 9.17) is 5.11 Å². The molecule has 1 N–H and O–H groups in total. The van der Waals surface area contributed by atoms with Crippen LogP contribution in [0, 0.1) is 11.3 Å². The summed E-state index contributed by atoms with van der Waals surface area (Å²) in [6.07, 6.45) is 16.9. The van der Waals surface area contributed by atoms with Gasteiger partial charge in [0.05, 0.1) is 0 Å². The van der Waals surface area contributed by atoms with Crippen molar-refractivity contribution in [3.8, 4) is 0 Å². The van der Waals surface area contributed by atoms with Crippen LogP contribution in [-0.2, 0) is 0 Å². The minimum atomic E-state index is 0.371. The van der Waals surface area contributed by atoms with Crippen molar-refractivity contribution in [2.75, 3.05) is 6.61 Å². The highest BCUT2D eigenvalue weighted by molar-refractivity contribution is 5.08. The van der Waals surface area contributed by atoms with Gasteiger partial charge in [-0.25, -0.2) is 0 Å². The number of allylic oxidation sites excluding steroid dienone is 2. The Morgan fingerprint density at radius 2 is 2.07 bits per heavy atom. The summed E-state index contributed by atoms with van der Waals surface area (Å²) < 4.78 is 0. The van der Waals surface area contributed by atoms with E-state index in [2.05, 4.69) is 12.2 Å². The van der Waals surface area contributed by atoms with Gasteiger partial charge in [0.2, 0.25) is 0 Å². The van der Waals surface area contributed by atoms with E-state index in [1.807, 2.05) is 0 Å². The van der Waals surface area contributed by atoms with Crippen LogP contribution in [0.4, 0.5) is 0 Å². The number of rotatable bonds is 6. The number of aliphatic hydroxyl groups excluding tert-OH is 1. The molecule has 86 valence electrons. The second-order valence-corrected chi connectivity index (χ2v) is 5.36. The fourth-order valence-electron chi connectivity index (χ4n) is 3.06. The van der Waals surface area contributed by atoms with Gasteiger partial charge in [-0.3, -0.25) is 0 Å². The van der Waals surface area contributed by atoms with Gasteiger partial charge in [-0.2, -0.15) is 0 Å². The zero-order chi connectivity index (χ0) is 10.6. The van der Waals surface area contributed by atoms with Gasteiger partial charge in [-0.15, -0.1) is 0 Å². The van der Waals surface area contributed by atoms with Crippen LogP contribution in [0.25, 0.3) is 0 Å². The highest BCUT2D eigenvalue weighted by Crippen LogP contribution is 2.58. The van der Waals surface area contributed by atoms with Crippen LogP contribution in [0.3, 0.4) is 0 Å². The van der Waals surface area contributed by atoms with E-state index >= 15 is 0 Å². The molecule has 1 fully saturated rings. The average Bonchev–Trinajstić information content (AvgIpc) is 3.07. The number of hydrogen-bond donors (Lipinski definition) is 1. The lowest BCUT2D eigenvalue weighted by Crippen LogP contribution is -2.16. The fourth-order valence-corrected chi connectivity index (χ4v) is 3.06. The molecular weight excluding hydrogens is 184 g/mol. The van der Waals surface area contributed by atoms with Gasteiger partial charge in [-0.1, -0.05) is 25.0 Å². The van der Waals surface area contributed by atoms with E-state index in [1.54, 1.807) is 0 Å². The van der Waals surface area contributed by atoms with Crippen molar-refractivity contribution in [2.24, 2.45) is 11.3 Å². The van der Waals surface area contributed by atoms with Crippen molar-refractivity contribution >= 4 is 0 Å². The largest absolute Gasteiger partial charge is 0.396 e. The molecule has 0 spiro atoms. The lowest BCUT2D eigenvalue weighted by Gasteiger charge is -2.26. The quantitative estimate of drug-likeness (QED) is 0.521. The molecule has 1 atom stereocenters. The first-order valence-electron chi connectivity index (χ1n) is 6.65. The zero-order valence-electron chi connectivity index (χ0n) is 9.75. The fraction of sp³-hybridized carbons (Fsp3) is 0.857. The summed E-state index contributed by atoms with van der Waals surface area (Å²) in [6.45, 7) is 0.371. The van der Waals surface area contributed by atoms with E-state index in [1.165, 1.54) is 51.4 Å². The van der Waals surface area contributed by atoms with Crippen molar-refractivity contribution in [3.05, 3.63) is 12.2 Å². The third kappa shape index (κ3) is 2.84. The first kappa shape index (κ1) is 11.2. The molecule has 0 amide bonds. The molecule has 0 heterocycles. The van der Waals surface area contributed by atoms with Gasteiger partial charge in [-0.05, 0) is 56.3 Å². The Balaban J connectivity index is 1.74. The molecule has 0 aromatic carbocycles. The lowest BCUT2D eigenvalue weighted by molar-refractivity contribution is 0.268. The molecule has 1 nitrogen and oxygen atoms in total. The Morgan fingerprint density at radius 3 is 2.67 bits per heavy atom. The van der Waals surface area contributed by atoms with Gasteiger partial charge < -0.3 is 5.11 Å². The molecule has 0 saturated heterocycles. The van der Waals surface area contributed by atoms with E-state index in [-0.39, 0.29) is 0 Å². The summed E-state index contributed by atoms with van der Waals surface area (Å²) in [5.41, 5.74) is 0.701. The molecule has 2 aliphatic carbocycles. The summed E-state index contributed by atoms with van der Waals surface area (Å²) in [5.74, 6) is 0.889. The molecule has 0 aliphatic heterocycles. The molecule has 0 aromatic rings. The van der Waals surface area contributed by atoms with Crippen LogP contribution in [0.5, 0.6) is 0 Å². The maximum Gasteiger partial charge on any atom is 0.0431 e. The second kappa shape index (κ2) is 5.16. The van der Waals surface area contributed by atoms with Crippen LogP contribution in [-0.4, -0.2) is 11.7 Å². The van der Waals surface area contributed by atoms with Crippen molar-refractivity contribution in [2.45, 2.75) is 57.8 Å². The highest BCUT2D eigenvalue weighted by Gasteiger charge is 2.47. The molecule has 1 heteroatoms. The minimum absolute atomic E-state index is 0.371. The summed E-state index contributed by atoms with van der Waals surface area (Å²) in [7, 11) is 0. The Bertz CT molecular complexity index is 215. The van der Waals surface area contributed by atoms with Gasteiger partial charge in [0.15, 0.2) is 0 Å². The Kier molecular flexibility index (Phi) is 3.85. The molecule has 2 rings (SSSR count). The number of aliphatic hydroxyl groups is 1. The van der Waals surface area contributed by atoms with Crippen molar-refractivity contribution in [3.63, 3.8) is 0 Å². The van der Waals surface area contributed by atoms with Crippen LogP contribution in [0.2, 0.25) is 0 Å². The molecular formula is C14H24O. The van der Waals surface area contributed by atoms with Crippen molar-refractivity contribution in [1.82, 2.24) is 0 Å². The Labute approximate surface area is 93.6 Å². The monoisotopic (exact) mass is 208 g/mol. The van der Waals surface area contributed by atoms with Gasteiger partial charge in [0, 0.05) is 6.61 Å². The molecule has 0 bridgehead atoms. The maximum atomic E-state index is 8.75. The molecule has 0 radical (unpaired) electrons. The minimum Gasteiger partial charge on any atom is -0.396 e. The maximum absolute atomic E-state index is 8.75. The first-order valence-corrected chi connectivity index (χ1v) is 6.65. The van der Waals surface area contributed by atoms with Crippen LogP contribution >= 0.6 is 0 Å². The van der Waals surface area contributed by atoms with Gasteiger partial charge in [0.25, 0.3) is 0 Å². The smallest absolute Gasteiger partial charge is 0.0431 e. The molecule has 0 aromatic heterocycles. The van der Waals surface area contributed by atoms with E-state index in [9.17, 15) is 0 Å². The predicted octanol–water partition coefficient (Wildman–Crippen LogP) is 3.68. The highest BCUT2D eigenvalue weighted by atomic mass is 16.2. The number of unbranched alkanes of at least 4 members (excludes halogenated alkanes) is 2. The normalized spacial score (nSPS) is 27.9. The average molecular weight is 208 g/mol. The standard InChI is InChI=1S/C14H24O/c15-12-6-2-5-9-14(10-11-14)13-7-3-1-4-8-13/h3,7,13,15H,1-2,4-6,8-12H2/t13-/m0/s1. The lowest BCUT2D eigenvalue weighted by atomic mass is 9.79. The third-order valence-corrected chi connectivity index (χ3v) is 4.27. The second-order valence-electron chi connectivity index (χ2n) is 5.36. The van der Waals surface area contributed by atoms with E-state index < -0.39 is 0 Å². The van der Waals surface area contributed by atoms with Crippen LogP contribution in [0.1, 0.15) is 57.8 Å². The Hall–Kier alpha value is -0.300. The predicted molar refractivity (Wildman–Crippen MR) is 63.7 cm³/mol. The Morgan fingerprint density at radius 1 is 1.20 bits per heavy atom. The van der Waals surface area contributed by atoms with Crippen LogP contribution < -0.4 is 0 Å². The topological polar surface area (TPSA) is 20.2 Å².